The minimum absolute atomic E-state index is 0.216. The zero-order chi connectivity index (χ0) is 21.3. The molecule has 5 heteroatoms. The molecule has 0 bridgehead atoms. The Morgan fingerprint density at radius 1 is 0.900 bits per heavy atom. The van der Waals surface area contributed by atoms with Gasteiger partial charge in [0.05, 0.1) is 18.4 Å². The van der Waals surface area contributed by atoms with E-state index in [2.05, 4.69) is 28.0 Å². The Labute approximate surface area is 177 Å². The van der Waals surface area contributed by atoms with Gasteiger partial charge in [-0.15, -0.1) is 0 Å². The first-order valence-corrected chi connectivity index (χ1v) is 10.2. The Bertz CT molecular complexity index is 978. The molecule has 154 valence electrons. The summed E-state index contributed by atoms with van der Waals surface area (Å²) in [5.41, 5.74) is 4.70. The molecule has 0 radical (unpaired) electrons. The van der Waals surface area contributed by atoms with E-state index in [1.165, 1.54) is 31.9 Å². The van der Waals surface area contributed by atoms with Crippen LogP contribution >= 0.6 is 0 Å². The minimum atomic E-state index is -0.411. The summed E-state index contributed by atoms with van der Waals surface area (Å²) in [6.45, 7) is 2.20. The fourth-order valence-corrected chi connectivity index (χ4v) is 3.13. The molecule has 0 saturated heterocycles. The Morgan fingerprint density at radius 3 is 2.20 bits per heavy atom. The van der Waals surface area contributed by atoms with Gasteiger partial charge in [0.1, 0.15) is 0 Å². The molecule has 2 aromatic carbocycles. The van der Waals surface area contributed by atoms with Gasteiger partial charge >= 0.3 is 5.97 Å². The van der Waals surface area contributed by atoms with E-state index in [4.69, 9.17) is 0 Å². The number of esters is 1. The van der Waals surface area contributed by atoms with Crippen LogP contribution in [0.1, 0.15) is 52.5 Å². The van der Waals surface area contributed by atoms with Crippen LogP contribution in [0.4, 0.5) is 5.69 Å². The summed E-state index contributed by atoms with van der Waals surface area (Å²) in [5, 5.41) is 2.83. The molecule has 1 N–H and O–H groups in total. The van der Waals surface area contributed by atoms with Crippen molar-refractivity contribution in [1.29, 1.82) is 0 Å². The molecule has 3 aromatic rings. The van der Waals surface area contributed by atoms with E-state index in [1.54, 1.807) is 36.4 Å². The lowest BCUT2D eigenvalue weighted by Gasteiger charge is -2.08. The number of carbonyl (C=O) groups excluding carboxylic acids is 2. The maximum absolute atomic E-state index is 12.5. The molecule has 0 fully saturated rings. The fourth-order valence-electron chi connectivity index (χ4n) is 3.13. The van der Waals surface area contributed by atoms with Crippen molar-refractivity contribution in [3.05, 3.63) is 83.6 Å². The number of hydrogen-bond acceptors (Lipinski definition) is 4. The summed E-state index contributed by atoms with van der Waals surface area (Å²) in [5.74, 6) is -0.627. The first kappa shape index (κ1) is 21.2. The maximum Gasteiger partial charge on any atom is 0.337 e. The van der Waals surface area contributed by atoms with Crippen LogP contribution in [-0.4, -0.2) is 24.0 Å². The van der Waals surface area contributed by atoms with Gasteiger partial charge in [-0.25, -0.2) is 4.79 Å². The van der Waals surface area contributed by atoms with Crippen molar-refractivity contribution in [3.63, 3.8) is 0 Å². The van der Waals surface area contributed by atoms with Crippen molar-refractivity contribution in [1.82, 2.24) is 4.98 Å². The van der Waals surface area contributed by atoms with Crippen LogP contribution in [0, 0.1) is 0 Å². The van der Waals surface area contributed by atoms with Crippen LogP contribution in [0.5, 0.6) is 0 Å². The average molecular weight is 402 g/mol. The molecular weight excluding hydrogens is 376 g/mol. The number of pyridine rings is 1. The Kier molecular flexibility index (Phi) is 7.33. The van der Waals surface area contributed by atoms with Crippen LogP contribution in [0.3, 0.4) is 0 Å². The molecular formula is C25H26N2O3. The fraction of sp³-hybridized carbons (Fsp3) is 0.240. The van der Waals surface area contributed by atoms with Gasteiger partial charge < -0.3 is 10.1 Å². The van der Waals surface area contributed by atoms with Crippen LogP contribution in [0.15, 0.2) is 66.9 Å². The van der Waals surface area contributed by atoms with E-state index in [0.717, 1.165) is 17.7 Å². The third-order valence-corrected chi connectivity index (χ3v) is 4.90. The number of nitrogens with zero attached hydrogens (tertiary/aromatic N) is 1. The van der Waals surface area contributed by atoms with Gasteiger partial charge in [-0.2, -0.15) is 0 Å². The molecule has 1 heterocycles. The summed E-state index contributed by atoms with van der Waals surface area (Å²) < 4.78 is 4.67. The second-order valence-corrected chi connectivity index (χ2v) is 7.11. The molecule has 0 aliphatic rings. The molecule has 0 saturated carbocycles. The van der Waals surface area contributed by atoms with Crippen molar-refractivity contribution in [2.75, 3.05) is 12.4 Å². The summed E-state index contributed by atoms with van der Waals surface area (Å²) in [6, 6.07) is 18.1. The van der Waals surface area contributed by atoms with E-state index in [-0.39, 0.29) is 5.91 Å². The molecule has 0 atom stereocenters. The standard InChI is InChI=1S/C25H26N2O3/c1-3-4-5-6-18-7-16-23(26-17-18)19-8-10-20(11-9-19)24(28)27-22-14-12-21(13-15-22)25(29)30-2/h7-17H,3-6H2,1-2H3,(H,27,28). The molecule has 0 spiro atoms. The van der Waals surface area contributed by atoms with Gasteiger partial charge in [0.2, 0.25) is 0 Å². The molecule has 0 aliphatic heterocycles. The lowest BCUT2D eigenvalue weighted by molar-refractivity contribution is 0.0600. The second-order valence-electron chi connectivity index (χ2n) is 7.11. The number of methoxy groups -OCH3 is 1. The third kappa shape index (κ3) is 5.54. The predicted molar refractivity (Wildman–Crippen MR) is 119 cm³/mol. The number of aromatic nitrogens is 1. The van der Waals surface area contributed by atoms with Crippen LogP contribution < -0.4 is 5.32 Å². The van der Waals surface area contributed by atoms with Crippen molar-refractivity contribution < 1.29 is 14.3 Å². The topological polar surface area (TPSA) is 68.3 Å². The van der Waals surface area contributed by atoms with Gasteiger partial charge in [0.15, 0.2) is 0 Å². The number of aryl methyl sites for hydroxylation is 1. The van der Waals surface area contributed by atoms with E-state index in [9.17, 15) is 9.59 Å². The van der Waals surface area contributed by atoms with E-state index < -0.39 is 5.97 Å². The second kappa shape index (κ2) is 10.3. The predicted octanol–water partition coefficient (Wildman–Crippen LogP) is 5.52. The number of anilines is 1. The highest BCUT2D eigenvalue weighted by Gasteiger charge is 2.09. The Hall–Kier alpha value is -3.47. The molecule has 3 rings (SSSR count). The van der Waals surface area contributed by atoms with Crippen LogP contribution in [0.25, 0.3) is 11.3 Å². The van der Waals surface area contributed by atoms with Crippen LogP contribution in [-0.2, 0) is 11.2 Å². The van der Waals surface area contributed by atoms with E-state index >= 15 is 0 Å². The monoisotopic (exact) mass is 402 g/mol. The number of amides is 1. The van der Waals surface area contributed by atoms with Gasteiger partial charge in [0, 0.05) is 23.0 Å². The normalized spacial score (nSPS) is 10.5. The van der Waals surface area contributed by atoms with Crippen molar-refractivity contribution in [2.45, 2.75) is 32.6 Å². The average Bonchev–Trinajstić information content (AvgIpc) is 2.80. The molecule has 1 aromatic heterocycles. The maximum atomic E-state index is 12.5. The zero-order valence-electron chi connectivity index (χ0n) is 17.4. The summed E-state index contributed by atoms with van der Waals surface area (Å²) in [7, 11) is 1.33. The third-order valence-electron chi connectivity index (χ3n) is 4.90. The van der Waals surface area contributed by atoms with Gasteiger partial charge in [0.25, 0.3) is 5.91 Å². The summed E-state index contributed by atoms with van der Waals surface area (Å²) in [4.78, 5) is 28.5. The highest BCUT2D eigenvalue weighted by atomic mass is 16.5. The van der Waals surface area contributed by atoms with Crippen molar-refractivity contribution >= 4 is 17.6 Å². The molecule has 1 amide bonds. The summed E-state index contributed by atoms with van der Waals surface area (Å²) >= 11 is 0. The van der Waals surface area contributed by atoms with Crippen LogP contribution in [0.2, 0.25) is 0 Å². The number of hydrogen-bond donors (Lipinski definition) is 1. The van der Waals surface area contributed by atoms with Crippen molar-refractivity contribution in [3.8, 4) is 11.3 Å². The highest BCUT2D eigenvalue weighted by molar-refractivity contribution is 6.04. The minimum Gasteiger partial charge on any atom is -0.465 e. The molecule has 0 unspecified atom stereocenters. The lowest BCUT2D eigenvalue weighted by atomic mass is 10.1. The summed E-state index contributed by atoms with van der Waals surface area (Å²) in [6.07, 6.45) is 6.63. The largest absolute Gasteiger partial charge is 0.465 e. The van der Waals surface area contributed by atoms with E-state index in [1.807, 2.05) is 24.4 Å². The number of carbonyl (C=O) groups is 2. The Balaban J connectivity index is 1.62. The van der Waals surface area contributed by atoms with Crippen molar-refractivity contribution in [2.24, 2.45) is 0 Å². The number of rotatable bonds is 8. The SMILES string of the molecule is CCCCCc1ccc(-c2ccc(C(=O)Nc3ccc(C(=O)OC)cc3)cc2)nc1. The quantitative estimate of drug-likeness (QED) is 0.398. The molecule has 5 nitrogen and oxygen atoms in total. The van der Waals surface area contributed by atoms with E-state index in [0.29, 0.717) is 16.8 Å². The zero-order valence-corrected chi connectivity index (χ0v) is 17.4. The number of unbranched alkanes of at least 4 members (excludes halogenated alkanes) is 2. The Morgan fingerprint density at radius 2 is 1.60 bits per heavy atom. The number of ether oxygens (including phenoxy) is 1. The van der Waals surface area contributed by atoms with Gasteiger partial charge in [-0.3, -0.25) is 9.78 Å². The number of benzene rings is 2. The number of nitrogens with one attached hydrogen (secondary N) is 1. The highest BCUT2D eigenvalue weighted by Crippen LogP contribution is 2.19. The van der Waals surface area contributed by atoms with Gasteiger partial charge in [-0.05, 0) is 60.9 Å². The molecule has 0 aliphatic carbocycles. The first-order chi connectivity index (χ1) is 14.6. The van der Waals surface area contributed by atoms with Gasteiger partial charge in [-0.1, -0.05) is 38.0 Å². The lowest BCUT2D eigenvalue weighted by Crippen LogP contribution is -2.12. The first-order valence-electron chi connectivity index (χ1n) is 10.2. The smallest absolute Gasteiger partial charge is 0.337 e. The molecule has 30 heavy (non-hydrogen) atoms.